The number of nitro groups is 1. The van der Waals surface area contributed by atoms with E-state index < -0.39 is 4.92 Å². The van der Waals surface area contributed by atoms with E-state index in [0.717, 1.165) is 12.2 Å². The topological polar surface area (TPSA) is 100 Å². The molecule has 10 heteroatoms. The van der Waals surface area contributed by atoms with Crippen molar-refractivity contribution in [3.63, 3.8) is 0 Å². The molecule has 1 aromatic heterocycles. The van der Waals surface area contributed by atoms with Crippen molar-refractivity contribution in [1.29, 1.82) is 0 Å². The minimum absolute atomic E-state index is 0. The van der Waals surface area contributed by atoms with Crippen LogP contribution >= 0.6 is 24.8 Å². The van der Waals surface area contributed by atoms with Crippen molar-refractivity contribution in [2.24, 2.45) is 0 Å². The third-order valence-corrected chi connectivity index (χ3v) is 4.60. The molecule has 0 saturated carbocycles. The Morgan fingerprint density at radius 3 is 2.72 bits per heavy atom. The highest BCUT2D eigenvalue weighted by atomic mass is 35.5. The second-order valence-electron chi connectivity index (χ2n) is 6.72. The van der Waals surface area contributed by atoms with E-state index in [0.29, 0.717) is 24.3 Å². The van der Waals surface area contributed by atoms with Crippen molar-refractivity contribution in [3.05, 3.63) is 64.0 Å². The summed E-state index contributed by atoms with van der Waals surface area (Å²) < 4.78 is 0. The molecular formula is C19H25Cl2N5O3. The van der Waals surface area contributed by atoms with E-state index in [1.165, 1.54) is 6.07 Å². The first kappa shape index (κ1) is 24.6. The van der Waals surface area contributed by atoms with Crippen LogP contribution in [0.2, 0.25) is 0 Å². The zero-order valence-electron chi connectivity index (χ0n) is 16.2. The minimum atomic E-state index is -0.468. The van der Waals surface area contributed by atoms with Gasteiger partial charge in [-0.25, -0.2) is 0 Å². The van der Waals surface area contributed by atoms with Crippen LogP contribution in [-0.4, -0.2) is 46.4 Å². The van der Waals surface area contributed by atoms with Crippen LogP contribution in [0.25, 0.3) is 0 Å². The van der Waals surface area contributed by atoms with Gasteiger partial charge in [0.25, 0.3) is 11.6 Å². The molecule has 1 saturated heterocycles. The van der Waals surface area contributed by atoms with E-state index in [1.54, 1.807) is 23.2 Å². The predicted molar refractivity (Wildman–Crippen MR) is 117 cm³/mol. The number of hydrogen-bond acceptors (Lipinski definition) is 6. The molecule has 3 rings (SSSR count). The summed E-state index contributed by atoms with van der Waals surface area (Å²) in [4.78, 5) is 29.8. The van der Waals surface area contributed by atoms with Gasteiger partial charge in [0.2, 0.25) is 0 Å². The second-order valence-corrected chi connectivity index (χ2v) is 6.72. The highest BCUT2D eigenvalue weighted by molar-refractivity contribution is 5.96. The van der Waals surface area contributed by atoms with Crippen LogP contribution in [-0.2, 0) is 0 Å². The Bertz CT molecular complexity index is 838. The maximum atomic E-state index is 12.7. The summed E-state index contributed by atoms with van der Waals surface area (Å²) in [6, 6.07) is 10.1. The first-order chi connectivity index (χ1) is 13.0. The summed E-state index contributed by atoms with van der Waals surface area (Å²) in [5.74, 6) is -0.184. The number of piperazine rings is 1. The van der Waals surface area contributed by atoms with Crippen LogP contribution < -0.4 is 10.6 Å². The Balaban J connectivity index is 0.00000210. The molecule has 2 N–H and O–H groups in total. The molecule has 1 aliphatic heterocycles. The number of anilines is 1. The van der Waals surface area contributed by atoms with Gasteiger partial charge in [0, 0.05) is 43.5 Å². The SMILES string of the molecule is CC1CN(C(=O)c2ccc(NC(C)c3ccccn3)c([N+](=O)[O-])c2)CCN1.Cl.Cl. The van der Waals surface area contributed by atoms with Crippen molar-refractivity contribution in [2.45, 2.75) is 25.9 Å². The average Bonchev–Trinajstić information content (AvgIpc) is 2.68. The van der Waals surface area contributed by atoms with Crippen molar-refractivity contribution in [2.75, 3.05) is 25.0 Å². The molecule has 2 unspecified atom stereocenters. The zero-order valence-corrected chi connectivity index (χ0v) is 17.8. The first-order valence-electron chi connectivity index (χ1n) is 8.94. The number of nitrogens with one attached hydrogen (secondary N) is 2. The summed E-state index contributed by atoms with van der Waals surface area (Å²) in [6.07, 6.45) is 1.68. The zero-order chi connectivity index (χ0) is 19.4. The predicted octanol–water partition coefficient (Wildman–Crippen LogP) is 3.44. The maximum Gasteiger partial charge on any atom is 0.293 e. The molecule has 2 atom stereocenters. The third-order valence-electron chi connectivity index (χ3n) is 4.60. The summed E-state index contributed by atoms with van der Waals surface area (Å²) in [5, 5.41) is 18.0. The number of rotatable bonds is 5. The molecule has 158 valence electrons. The van der Waals surface area contributed by atoms with Crippen molar-refractivity contribution in [3.8, 4) is 0 Å². The van der Waals surface area contributed by atoms with Gasteiger partial charge in [0.15, 0.2) is 0 Å². The molecule has 2 aromatic rings. The van der Waals surface area contributed by atoms with Gasteiger partial charge in [-0.05, 0) is 38.1 Å². The Hall–Kier alpha value is -2.42. The molecule has 8 nitrogen and oxygen atoms in total. The summed E-state index contributed by atoms with van der Waals surface area (Å²) in [7, 11) is 0. The third kappa shape index (κ3) is 6.03. The first-order valence-corrected chi connectivity index (χ1v) is 8.94. The van der Waals surface area contributed by atoms with Crippen LogP contribution in [0.15, 0.2) is 42.6 Å². The Labute approximate surface area is 182 Å². The quantitative estimate of drug-likeness (QED) is 0.544. The molecule has 0 bridgehead atoms. The fourth-order valence-electron chi connectivity index (χ4n) is 3.18. The number of hydrogen-bond donors (Lipinski definition) is 2. The Morgan fingerprint density at radius 2 is 2.10 bits per heavy atom. The summed E-state index contributed by atoms with van der Waals surface area (Å²) >= 11 is 0. The number of nitrogens with zero attached hydrogens (tertiary/aromatic N) is 3. The lowest BCUT2D eigenvalue weighted by atomic mass is 10.1. The summed E-state index contributed by atoms with van der Waals surface area (Å²) in [5.41, 5.74) is 1.35. The highest BCUT2D eigenvalue weighted by Gasteiger charge is 2.25. The lowest BCUT2D eigenvalue weighted by Gasteiger charge is -2.32. The number of benzene rings is 1. The van der Waals surface area contributed by atoms with E-state index in [-0.39, 0.29) is 48.5 Å². The second kappa shape index (κ2) is 10.9. The van der Waals surface area contributed by atoms with Gasteiger partial charge < -0.3 is 15.5 Å². The molecule has 2 heterocycles. The van der Waals surface area contributed by atoms with Crippen molar-refractivity contribution in [1.82, 2.24) is 15.2 Å². The molecule has 0 radical (unpaired) electrons. The lowest BCUT2D eigenvalue weighted by molar-refractivity contribution is -0.384. The van der Waals surface area contributed by atoms with E-state index in [2.05, 4.69) is 15.6 Å². The number of amides is 1. The smallest absolute Gasteiger partial charge is 0.293 e. The normalized spacial score (nSPS) is 16.8. The van der Waals surface area contributed by atoms with Crippen molar-refractivity contribution >= 4 is 42.1 Å². The van der Waals surface area contributed by atoms with Crippen LogP contribution in [0, 0.1) is 10.1 Å². The van der Waals surface area contributed by atoms with Gasteiger partial charge >= 0.3 is 0 Å². The molecule has 1 amide bonds. The van der Waals surface area contributed by atoms with Gasteiger partial charge in [-0.15, -0.1) is 24.8 Å². The number of nitro benzene ring substituents is 1. The van der Waals surface area contributed by atoms with E-state index in [9.17, 15) is 14.9 Å². The molecule has 1 aromatic carbocycles. The van der Waals surface area contributed by atoms with Gasteiger partial charge in [-0.1, -0.05) is 6.07 Å². The molecular weight excluding hydrogens is 417 g/mol. The number of halogens is 2. The molecule has 0 spiro atoms. The Morgan fingerprint density at radius 1 is 1.34 bits per heavy atom. The fourth-order valence-corrected chi connectivity index (χ4v) is 3.18. The molecule has 29 heavy (non-hydrogen) atoms. The standard InChI is InChI=1S/C19H23N5O3.2ClH/c1-13-12-23(10-9-20-13)19(25)15-6-7-17(18(11-15)24(26)27)22-14(2)16-5-3-4-8-21-16;;/h3-8,11,13-14,20,22H,9-10,12H2,1-2H3;2*1H. The largest absolute Gasteiger partial charge is 0.371 e. The van der Waals surface area contributed by atoms with Gasteiger partial charge in [0.05, 0.1) is 16.7 Å². The molecule has 0 aliphatic carbocycles. The maximum absolute atomic E-state index is 12.7. The van der Waals surface area contributed by atoms with Crippen LogP contribution in [0.4, 0.5) is 11.4 Å². The lowest BCUT2D eigenvalue weighted by Crippen LogP contribution is -2.51. The van der Waals surface area contributed by atoms with Gasteiger partial charge in [-0.2, -0.15) is 0 Å². The van der Waals surface area contributed by atoms with Crippen LogP contribution in [0.3, 0.4) is 0 Å². The van der Waals surface area contributed by atoms with Gasteiger partial charge in [-0.3, -0.25) is 19.9 Å². The van der Waals surface area contributed by atoms with E-state index >= 15 is 0 Å². The molecule has 1 fully saturated rings. The number of carbonyl (C=O) groups is 1. The minimum Gasteiger partial charge on any atom is -0.371 e. The van der Waals surface area contributed by atoms with E-state index in [1.807, 2.05) is 32.0 Å². The Kier molecular flexibility index (Phi) is 9.29. The number of pyridine rings is 1. The monoisotopic (exact) mass is 441 g/mol. The van der Waals surface area contributed by atoms with Gasteiger partial charge in [0.1, 0.15) is 5.69 Å². The number of aromatic nitrogens is 1. The fraction of sp³-hybridized carbons (Fsp3) is 0.368. The molecule has 1 aliphatic rings. The summed E-state index contributed by atoms with van der Waals surface area (Å²) in [6.45, 7) is 5.79. The highest BCUT2D eigenvalue weighted by Crippen LogP contribution is 2.29. The number of carbonyl (C=O) groups excluding carboxylic acids is 1. The average molecular weight is 442 g/mol. The van der Waals surface area contributed by atoms with Crippen molar-refractivity contribution < 1.29 is 9.72 Å². The van der Waals surface area contributed by atoms with E-state index in [4.69, 9.17) is 0 Å². The van der Waals surface area contributed by atoms with Crippen LogP contribution in [0.5, 0.6) is 0 Å². The van der Waals surface area contributed by atoms with Crippen LogP contribution in [0.1, 0.15) is 35.9 Å².